The van der Waals surface area contributed by atoms with Crippen LogP contribution in [0.2, 0.25) is 0 Å². The Bertz CT molecular complexity index is 399. The van der Waals surface area contributed by atoms with E-state index in [0.29, 0.717) is 24.9 Å². The van der Waals surface area contributed by atoms with Gasteiger partial charge >= 0.3 is 0 Å². The Morgan fingerprint density at radius 1 is 1.21 bits per heavy atom. The van der Waals surface area contributed by atoms with Crippen LogP contribution in [0.3, 0.4) is 0 Å². The number of rotatable bonds is 7. The molecule has 0 bridgehead atoms. The van der Waals surface area contributed by atoms with Crippen molar-refractivity contribution >= 4 is 0 Å². The van der Waals surface area contributed by atoms with Gasteiger partial charge in [0.05, 0.1) is 12.2 Å². The van der Waals surface area contributed by atoms with Crippen molar-refractivity contribution in [1.29, 1.82) is 0 Å². The summed E-state index contributed by atoms with van der Waals surface area (Å²) in [5.41, 5.74) is 5.50. The predicted molar refractivity (Wildman–Crippen MR) is 70.3 cm³/mol. The zero-order chi connectivity index (χ0) is 14.5. The fraction of sp³-hybridized carbons (Fsp3) is 0.571. The van der Waals surface area contributed by atoms with Gasteiger partial charge in [0.2, 0.25) is 0 Å². The van der Waals surface area contributed by atoms with Gasteiger partial charge in [-0.15, -0.1) is 0 Å². The second-order valence-corrected chi connectivity index (χ2v) is 4.99. The highest BCUT2D eigenvalue weighted by atomic mass is 19.1. The Morgan fingerprint density at radius 2 is 1.79 bits per heavy atom. The molecule has 1 aromatic rings. The number of hydrogen-bond acceptors (Lipinski definition) is 3. The molecule has 0 aliphatic rings. The van der Waals surface area contributed by atoms with E-state index in [2.05, 4.69) is 0 Å². The van der Waals surface area contributed by atoms with Gasteiger partial charge in [-0.2, -0.15) is 0 Å². The van der Waals surface area contributed by atoms with Crippen molar-refractivity contribution in [3.05, 3.63) is 29.3 Å². The summed E-state index contributed by atoms with van der Waals surface area (Å²) >= 11 is 0. The van der Waals surface area contributed by atoms with Crippen molar-refractivity contribution in [2.45, 2.75) is 32.3 Å². The van der Waals surface area contributed by atoms with Crippen LogP contribution >= 0.6 is 0 Å². The molecule has 3 nitrogen and oxygen atoms in total. The number of methoxy groups -OCH3 is 1. The number of halogens is 2. The van der Waals surface area contributed by atoms with E-state index in [1.165, 1.54) is 12.1 Å². The van der Waals surface area contributed by atoms with Gasteiger partial charge in [0.1, 0.15) is 0 Å². The Labute approximate surface area is 112 Å². The predicted octanol–water partition coefficient (Wildman–Crippen LogP) is 2.66. The zero-order valence-corrected chi connectivity index (χ0v) is 11.6. The number of benzene rings is 1. The topological polar surface area (TPSA) is 44.5 Å². The highest BCUT2D eigenvalue weighted by molar-refractivity contribution is 5.31. The first-order valence-corrected chi connectivity index (χ1v) is 6.25. The summed E-state index contributed by atoms with van der Waals surface area (Å²) in [6, 6.07) is 2.51. The van der Waals surface area contributed by atoms with Crippen LogP contribution in [0.15, 0.2) is 12.1 Å². The van der Waals surface area contributed by atoms with Crippen LogP contribution in [0.5, 0.6) is 5.75 Å². The van der Waals surface area contributed by atoms with Gasteiger partial charge < -0.3 is 15.2 Å². The van der Waals surface area contributed by atoms with Crippen molar-refractivity contribution < 1.29 is 18.3 Å². The molecule has 0 radical (unpaired) electrons. The quantitative estimate of drug-likeness (QED) is 0.830. The lowest BCUT2D eigenvalue weighted by molar-refractivity contribution is 0.00478. The maximum absolute atomic E-state index is 13.7. The molecule has 0 fully saturated rings. The van der Waals surface area contributed by atoms with E-state index in [1.807, 2.05) is 13.8 Å². The summed E-state index contributed by atoms with van der Waals surface area (Å²) < 4.78 is 37.8. The molecule has 2 N–H and O–H groups in total. The second-order valence-electron chi connectivity index (χ2n) is 4.99. The highest BCUT2D eigenvalue weighted by Gasteiger charge is 2.18. The lowest BCUT2D eigenvalue weighted by Gasteiger charge is -2.22. The summed E-state index contributed by atoms with van der Waals surface area (Å²) in [6.07, 6.45) is 0.970. The number of hydrogen-bond donors (Lipinski definition) is 1. The molecular formula is C14H21F2NO2. The van der Waals surface area contributed by atoms with Gasteiger partial charge in [0, 0.05) is 13.5 Å². The van der Waals surface area contributed by atoms with Crippen molar-refractivity contribution in [3.63, 3.8) is 0 Å². The van der Waals surface area contributed by atoms with Crippen molar-refractivity contribution in [2.75, 3.05) is 20.3 Å². The maximum Gasteiger partial charge on any atom is 0.190 e. The smallest absolute Gasteiger partial charge is 0.190 e. The van der Waals surface area contributed by atoms with E-state index in [0.717, 1.165) is 0 Å². The van der Waals surface area contributed by atoms with E-state index in [-0.39, 0.29) is 18.0 Å². The molecule has 19 heavy (non-hydrogen) atoms. The third-order valence-corrected chi connectivity index (χ3v) is 2.99. The van der Waals surface area contributed by atoms with Gasteiger partial charge in [-0.25, -0.2) is 8.78 Å². The molecule has 0 unspecified atom stereocenters. The third kappa shape index (κ3) is 4.76. The average Bonchev–Trinajstić information content (AvgIpc) is 2.33. The Morgan fingerprint density at radius 3 is 2.26 bits per heavy atom. The van der Waals surface area contributed by atoms with Gasteiger partial charge in [0.15, 0.2) is 17.4 Å². The van der Waals surface area contributed by atoms with Crippen LogP contribution in [0.1, 0.15) is 25.8 Å². The molecule has 0 saturated heterocycles. The maximum atomic E-state index is 13.7. The molecule has 0 atom stereocenters. The SMILES string of the molecule is COC(C)(C)CCOc1c(F)cc(CCN)cc1F. The first-order chi connectivity index (χ1) is 8.89. The Hall–Kier alpha value is -1.20. The number of nitrogens with two attached hydrogens (primary N) is 1. The average molecular weight is 273 g/mol. The van der Waals surface area contributed by atoms with Crippen molar-refractivity contribution in [2.24, 2.45) is 5.73 Å². The molecule has 1 aromatic carbocycles. The highest BCUT2D eigenvalue weighted by Crippen LogP contribution is 2.24. The summed E-state index contributed by atoms with van der Waals surface area (Å²) in [5.74, 6) is -1.73. The molecule has 0 aromatic heterocycles. The van der Waals surface area contributed by atoms with E-state index in [1.54, 1.807) is 7.11 Å². The minimum absolute atomic E-state index is 0.185. The number of ether oxygens (including phenoxy) is 2. The van der Waals surface area contributed by atoms with E-state index in [9.17, 15) is 8.78 Å². The van der Waals surface area contributed by atoms with Crippen molar-refractivity contribution in [1.82, 2.24) is 0 Å². The first kappa shape index (κ1) is 15.9. The molecular weight excluding hydrogens is 252 g/mol. The Balaban J connectivity index is 2.69. The molecule has 0 heterocycles. The van der Waals surface area contributed by atoms with Gasteiger partial charge in [-0.1, -0.05) is 0 Å². The first-order valence-electron chi connectivity index (χ1n) is 6.25. The molecule has 1 rings (SSSR count). The summed E-state index contributed by atoms with van der Waals surface area (Å²) in [4.78, 5) is 0. The lowest BCUT2D eigenvalue weighted by Crippen LogP contribution is -2.25. The summed E-state index contributed by atoms with van der Waals surface area (Å²) in [6.45, 7) is 4.30. The van der Waals surface area contributed by atoms with Crippen LogP contribution in [0, 0.1) is 11.6 Å². The Kier molecular flexibility index (Phi) is 5.69. The fourth-order valence-corrected chi connectivity index (χ4v) is 1.56. The normalized spacial score (nSPS) is 11.7. The summed E-state index contributed by atoms with van der Waals surface area (Å²) in [5, 5.41) is 0. The molecule has 0 spiro atoms. The standard InChI is InChI=1S/C14H21F2NO2/c1-14(2,18-3)5-7-19-13-11(15)8-10(4-6-17)9-12(13)16/h8-9H,4-7,17H2,1-3H3. The van der Waals surface area contributed by atoms with E-state index >= 15 is 0 Å². The van der Waals surface area contributed by atoms with Gasteiger partial charge in [0.25, 0.3) is 0 Å². The summed E-state index contributed by atoms with van der Waals surface area (Å²) in [7, 11) is 1.59. The third-order valence-electron chi connectivity index (χ3n) is 2.99. The molecule has 5 heteroatoms. The molecule has 0 amide bonds. The van der Waals surface area contributed by atoms with E-state index in [4.69, 9.17) is 15.2 Å². The second kappa shape index (κ2) is 6.82. The zero-order valence-electron chi connectivity index (χ0n) is 11.6. The minimum Gasteiger partial charge on any atom is -0.487 e. The molecule has 0 aliphatic carbocycles. The van der Waals surface area contributed by atoms with Crippen molar-refractivity contribution in [3.8, 4) is 5.75 Å². The monoisotopic (exact) mass is 273 g/mol. The molecule has 108 valence electrons. The lowest BCUT2D eigenvalue weighted by atomic mass is 10.1. The van der Waals surface area contributed by atoms with Crippen LogP contribution in [0.25, 0.3) is 0 Å². The van der Waals surface area contributed by atoms with E-state index < -0.39 is 11.6 Å². The van der Waals surface area contributed by atoms with Crippen LogP contribution < -0.4 is 10.5 Å². The minimum atomic E-state index is -0.696. The van der Waals surface area contributed by atoms with Crippen LogP contribution in [0.4, 0.5) is 8.78 Å². The van der Waals surface area contributed by atoms with Crippen LogP contribution in [-0.4, -0.2) is 25.9 Å². The fourth-order valence-electron chi connectivity index (χ4n) is 1.56. The van der Waals surface area contributed by atoms with Gasteiger partial charge in [-0.3, -0.25) is 0 Å². The molecule has 0 aliphatic heterocycles. The largest absolute Gasteiger partial charge is 0.487 e. The van der Waals surface area contributed by atoms with Crippen LogP contribution in [-0.2, 0) is 11.2 Å². The van der Waals surface area contributed by atoms with Gasteiger partial charge in [-0.05, 0) is 44.5 Å². The molecule has 0 saturated carbocycles.